The lowest BCUT2D eigenvalue weighted by Crippen LogP contribution is -2.24. The van der Waals surface area contributed by atoms with Crippen molar-refractivity contribution in [3.05, 3.63) is 17.7 Å². The number of carbonyl (C=O) groups is 1. The van der Waals surface area contributed by atoms with Gasteiger partial charge in [0.05, 0.1) is 24.6 Å². The van der Waals surface area contributed by atoms with Gasteiger partial charge in [-0.25, -0.2) is 9.67 Å². The van der Waals surface area contributed by atoms with E-state index in [4.69, 9.17) is 16.3 Å². The smallest absolute Gasteiger partial charge is 0.309 e. The van der Waals surface area contributed by atoms with Crippen molar-refractivity contribution in [3.8, 4) is 0 Å². The second-order valence-corrected chi connectivity index (χ2v) is 5.40. The lowest BCUT2D eigenvalue weighted by Gasteiger charge is -2.17. The lowest BCUT2D eigenvalue weighted by atomic mass is 9.96. The summed E-state index contributed by atoms with van der Waals surface area (Å²) in [5.41, 5.74) is 0.709. The molecule has 0 unspecified atom stereocenters. The first kappa shape index (κ1) is 13.3. The van der Waals surface area contributed by atoms with Crippen LogP contribution in [0.25, 0.3) is 11.0 Å². The van der Waals surface area contributed by atoms with Gasteiger partial charge in [0.1, 0.15) is 0 Å². The predicted molar refractivity (Wildman–Crippen MR) is 73.2 cm³/mol. The summed E-state index contributed by atoms with van der Waals surface area (Å²) in [6.45, 7) is 0.649. The van der Waals surface area contributed by atoms with E-state index in [9.17, 15) is 4.79 Å². The normalized spacial score (nSPS) is 22.3. The molecule has 0 amide bonds. The quantitative estimate of drug-likeness (QED) is 0.640. The monoisotopic (exact) mass is 294 g/mol. The molecule has 20 heavy (non-hydrogen) atoms. The highest BCUT2D eigenvalue weighted by Gasteiger charge is 2.34. The summed E-state index contributed by atoms with van der Waals surface area (Å²) in [5.74, 6) is 0.0625. The van der Waals surface area contributed by atoms with E-state index in [-0.39, 0.29) is 23.1 Å². The largest absolute Gasteiger partial charge is 0.469 e. The van der Waals surface area contributed by atoms with Crippen LogP contribution in [0, 0.1) is 11.8 Å². The van der Waals surface area contributed by atoms with Gasteiger partial charge in [-0.2, -0.15) is 10.1 Å². The van der Waals surface area contributed by atoms with Crippen molar-refractivity contribution in [2.45, 2.75) is 25.8 Å². The predicted octanol–water partition coefficient (Wildman–Crippen LogP) is 2.07. The van der Waals surface area contributed by atoms with Crippen LogP contribution in [0.5, 0.6) is 0 Å². The number of aromatic nitrogens is 4. The van der Waals surface area contributed by atoms with E-state index in [1.54, 1.807) is 17.1 Å². The van der Waals surface area contributed by atoms with Gasteiger partial charge in [-0.15, -0.1) is 0 Å². The van der Waals surface area contributed by atoms with Gasteiger partial charge in [-0.3, -0.25) is 4.79 Å². The van der Waals surface area contributed by atoms with Crippen molar-refractivity contribution in [2.24, 2.45) is 11.8 Å². The Bertz CT molecular complexity index is 642. The van der Waals surface area contributed by atoms with Crippen LogP contribution in [0.3, 0.4) is 0 Å². The summed E-state index contributed by atoms with van der Waals surface area (Å²) in [6, 6.07) is 0. The van der Waals surface area contributed by atoms with E-state index in [2.05, 4.69) is 15.1 Å². The Hall–Kier alpha value is -1.69. The molecule has 0 aromatic carbocycles. The minimum absolute atomic E-state index is 0.0449. The third-order valence-electron chi connectivity index (χ3n) is 3.92. The fourth-order valence-electron chi connectivity index (χ4n) is 2.92. The highest BCUT2D eigenvalue weighted by molar-refractivity contribution is 6.28. The summed E-state index contributed by atoms with van der Waals surface area (Å²) in [6.07, 6.45) is 6.29. The SMILES string of the molecule is COC(=O)[C@@H]1CCC[C@@H]1Cn1ncc2cnc(Cl)nc21. The number of rotatable bonds is 3. The number of nitrogens with zero attached hydrogens (tertiary/aromatic N) is 4. The molecule has 0 radical (unpaired) electrons. The fourth-order valence-corrected chi connectivity index (χ4v) is 3.05. The molecule has 0 spiro atoms. The maximum atomic E-state index is 11.8. The molecule has 1 aliphatic rings. The van der Waals surface area contributed by atoms with E-state index in [1.807, 2.05) is 0 Å². The number of methoxy groups -OCH3 is 1. The molecule has 0 aliphatic heterocycles. The molecule has 2 aromatic rings. The van der Waals surface area contributed by atoms with Crippen molar-refractivity contribution in [1.29, 1.82) is 0 Å². The molecule has 2 heterocycles. The molecule has 0 saturated heterocycles. The molecular weight excluding hydrogens is 280 g/mol. The van der Waals surface area contributed by atoms with Crippen LogP contribution in [0.2, 0.25) is 5.28 Å². The number of hydrogen-bond acceptors (Lipinski definition) is 5. The zero-order valence-electron chi connectivity index (χ0n) is 11.1. The molecule has 1 fully saturated rings. The van der Waals surface area contributed by atoms with E-state index < -0.39 is 0 Å². The Kier molecular flexibility index (Phi) is 3.56. The summed E-state index contributed by atoms with van der Waals surface area (Å²) < 4.78 is 6.68. The highest BCUT2D eigenvalue weighted by atomic mass is 35.5. The van der Waals surface area contributed by atoms with Gasteiger partial charge >= 0.3 is 5.97 Å². The second-order valence-electron chi connectivity index (χ2n) is 5.07. The number of carbonyl (C=O) groups excluding carboxylic acids is 1. The fraction of sp³-hybridized carbons (Fsp3) is 0.538. The van der Waals surface area contributed by atoms with Crippen LogP contribution in [0.15, 0.2) is 12.4 Å². The maximum Gasteiger partial charge on any atom is 0.309 e. The van der Waals surface area contributed by atoms with E-state index >= 15 is 0 Å². The van der Waals surface area contributed by atoms with Gasteiger partial charge in [0, 0.05) is 12.7 Å². The molecule has 2 atom stereocenters. The molecule has 7 heteroatoms. The van der Waals surface area contributed by atoms with Gasteiger partial charge < -0.3 is 4.74 Å². The summed E-state index contributed by atoms with van der Waals surface area (Å²) >= 11 is 5.83. The molecular formula is C13H15ClN4O2. The molecule has 1 aliphatic carbocycles. The molecule has 3 rings (SSSR count). The third kappa shape index (κ3) is 2.35. The maximum absolute atomic E-state index is 11.8. The standard InChI is InChI=1S/C13H15ClN4O2/c1-20-12(19)10-4-2-3-8(10)7-18-11-9(6-16-18)5-15-13(14)17-11/h5-6,8,10H,2-4,7H2,1H3/t8-,10-/m1/s1. The molecule has 6 nitrogen and oxygen atoms in total. The first-order valence-corrected chi connectivity index (χ1v) is 6.98. The number of hydrogen-bond donors (Lipinski definition) is 0. The van der Waals surface area contributed by atoms with Crippen molar-refractivity contribution < 1.29 is 9.53 Å². The minimum atomic E-state index is -0.128. The Balaban J connectivity index is 1.85. The topological polar surface area (TPSA) is 69.9 Å². The number of halogens is 1. The van der Waals surface area contributed by atoms with Crippen LogP contribution in [0.4, 0.5) is 0 Å². The van der Waals surface area contributed by atoms with Gasteiger partial charge in [-0.05, 0) is 30.4 Å². The Labute approximate surface area is 121 Å². The Morgan fingerprint density at radius 3 is 3.15 bits per heavy atom. The van der Waals surface area contributed by atoms with Crippen LogP contribution >= 0.6 is 11.6 Å². The zero-order chi connectivity index (χ0) is 14.1. The highest BCUT2D eigenvalue weighted by Crippen LogP contribution is 2.34. The average Bonchev–Trinajstić information content (AvgIpc) is 3.06. The third-order valence-corrected chi connectivity index (χ3v) is 4.10. The van der Waals surface area contributed by atoms with Crippen LogP contribution < -0.4 is 0 Å². The Morgan fingerprint density at radius 2 is 2.35 bits per heavy atom. The number of esters is 1. The zero-order valence-corrected chi connectivity index (χ0v) is 11.9. The van der Waals surface area contributed by atoms with Crippen LogP contribution in [0.1, 0.15) is 19.3 Å². The van der Waals surface area contributed by atoms with E-state index in [0.717, 1.165) is 24.6 Å². The van der Waals surface area contributed by atoms with Crippen molar-refractivity contribution in [3.63, 3.8) is 0 Å². The lowest BCUT2D eigenvalue weighted by molar-refractivity contribution is -0.146. The van der Waals surface area contributed by atoms with Crippen molar-refractivity contribution in [1.82, 2.24) is 19.7 Å². The average molecular weight is 295 g/mol. The van der Waals surface area contributed by atoms with Crippen LogP contribution in [-0.2, 0) is 16.1 Å². The van der Waals surface area contributed by atoms with Gasteiger partial charge in [-0.1, -0.05) is 6.42 Å². The van der Waals surface area contributed by atoms with Crippen molar-refractivity contribution in [2.75, 3.05) is 7.11 Å². The first-order valence-electron chi connectivity index (χ1n) is 6.61. The van der Waals surface area contributed by atoms with Crippen molar-refractivity contribution >= 4 is 28.6 Å². The van der Waals surface area contributed by atoms with Gasteiger partial charge in [0.25, 0.3) is 0 Å². The molecule has 2 aromatic heterocycles. The van der Waals surface area contributed by atoms with Crippen LogP contribution in [-0.4, -0.2) is 32.8 Å². The molecule has 0 bridgehead atoms. The van der Waals surface area contributed by atoms with Gasteiger partial charge in [0.15, 0.2) is 5.65 Å². The summed E-state index contributed by atoms with van der Waals surface area (Å²) in [4.78, 5) is 19.9. The Morgan fingerprint density at radius 1 is 1.50 bits per heavy atom. The number of ether oxygens (including phenoxy) is 1. The summed E-state index contributed by atoms with van der Waals surface area (Å²) in [5, 5.41) is 5.38. The molecule has 1 saturated carbocycles. The van der Waals surface area contributed by atoms with E-state index in [0.29, 0.717) is 12.2 Å². The molecule has 106 valence electrons. The molecule has 0 N–H and O–H groups in total. The van der Waals surface area contributed by atoms with Gasteiger partial charge in [0.2, 0.25) is 5.28 Å². The first-order chi connectivity index (χ1) is 9.69. The minimum Gasteiger partial charge on any atom is -0.469 e. The summed E-state index contributed by atoms with van der Waals surface area (Å²) in [7, 11) is 1.44. The van der Waals surface area contributed by atoms with E-state index in [1.165, 1.54) is 7.11 Å². The number of fused-ring (bicyclic) bond motifs is 1. The second kappa shape index (κ2) is 5.36.